The van der Waals surface area contributed by atoms with E-state index in [0.29, 0.717) is 18.8 Å². The van der Waals surface area contributed by atoms with Gasteiger partial charge in [-0.1, -0.05) is 6.07 Å². The number of carbonyl (C=O) groups is 1. The van der Waals surface area contributed by atoms with Crippen LogP contribution >= 0.6 is 0 Å². The summed E-state index contributed by atoms with van der Waals surface area (Å²) < 4.78 is 27.4. The number of halogens is 2. The molecule has 0 atom stereocenters. The lowest BCUT2D eigenvalue weighted by Crippen LogP contribution is -2.32. The number of nitrogens with one attached hydrogen (secondary N) is 2. The van der Waals surface area contributed by atoms with Gasteiger partial charge in [0.25, 0.3) is 5.91 Å². The van der Waals surface area contributed by atoms with E-state index in [4.69, 9.17) is 0 Å². The van der Waals surface area contributed by atoms with Crippen LogP contribution in [0.4, 0.5) is 20.4 Å². The molecule has 1 aromatic carbocycles. The van der Waals surface area contributed by atoms with Gasteiger partial charge < -0.3 is 15.5 Å². The van der Waals surface area contributed by atoms with E-state index in [-0.39, 0.29) is 23.2 Å². The molecule has 0 aliphatic carbocycles. The minimum atomic E-state index is -0.767. The number of hydrogen-bond donors (Lipinski definition) is 2. The lowest BCUT2D eigenvalue weighted by atomic mass is 10.3. The van der Waals surface area contributed by atoms with Gasteiger partial charge in [-0.05, 0) is 39.2 Å². The van der Waals surface area contributed by atoms with Crippen molar-refractivity contribution in [3.63, 3.8) is 0 Å². The van der Waals surface area contributed by atoms with E-state index in [1.807, 2.05) is 19.0 Å². The van der Waals surface area contributed by atoms with E-state index < -0.39 is 11.6 Å². The average Bonchev–Trinajstić information content (AvgIpc) is 2.50. The van der Waals surface area contributed by atoms with Crippen LogP contribution in [0.5, 0.6) is 0 Å². The number of benzene rings is 1. The first-order chi connectivity index (χ1) is 11.4. The Hall–Kier alpha value is -2.61. The van der Waals surface area contributed by atoms with Gasteiger partial charge in [0.1, 0.15) is 23.0 Å². The first-order valence-electron chi connectivity index (χ1n) is 7.36. The molecule has 1 amide bonds. The maximum absolute atomic E-state index is 13.7. The number of para-hydroxylation sites is 1. The fourth-order valence-corrected chi connectivity index (χ4v) is 1.95. The zero-order valence-corrected chi connectivity index (χ0v) is 13.7. The van der Waals surface area contributed by atoms with E-state index >= 15 is 0 Å². The van der Waals surface area contributed by atoms with Crippen molar-refractivity contribution in [2.24, 2.45) is 0 Å². The SMILES string of the molecule is Cc1cc(C(=O)NCCN(C)C)nc(Nc2c(F)cccc2F)n1. The van der Waals surface area contributed by atoms with E-state index in [0.717, 1.165) is 12.1 Å². The molecule has 0 spiro atoms. The number of aryl methyl sites for hydroxylation is 1. The van der Waals surface area contributed by atoms with Gasteiger partial charge in [0.05, 0.1) is 0 Å². The molecular formula is C16H19F2N5O. The summed E-state index contributed by atoms with van der Waals surface area (Å²) in [6.45, 7) is 2.81. The summed E-state index contributed by atoms with van der Waals surface area (Å²) in [5, 5.41) is 5.21. The first-order valence-corrected chi connectivity index (χ1v) is 7.36. The molecule has 0 unspecified atom stereocenters. The fraction of sp³-hybridized carbons (Fsp3) is 0.312. The van der Waals surface area contributed by atoms with Gasteiger partial charge in [-0.15, -0.1) is 0 Å². The summed E-state index contributed by atoms with van der Waals surface area (Å²) in [6, 6.07) is 5.01. The number of rotatable bonds is 6. The highest BCUT2D eigenvalue weighted by molar-refractivity contribution is 5.92. The molecule has 6 nitrogen and oxygen atoms in total. The Morgan fingerprint density at radius 3 is 2.50 bits per heavy atom. The average molecular weight is 335 g/mol. The van der Waals surface area contributed by atoms with Gasteiger partial charge >= 0.3 is 0 Å². The van der Waals surface area contributed by atoms with Crippen molar-refractivity contribution in [3.8, 4) is 0 Å². The Morgan fingerprint density at radius 2 is 1.88 bits per heavy atom. The fourth-order valence-electron chi connectivity index (χ4n) is 1.95. The predicted molar refractivity (Wildman–Crippen MR) is 87.3 cm³/mol. The minimum absolute atomic E-state index is 0.0447. The van der Waals surface area contributed by atoms with Crippen molar-refractivity contribution in [2.75, 3.05) is 32.5 Å². The standard InChI is InChI=1S/C16H19F2N5O/c1-10-9-13(15(24)19-7-8-23(2)3)21-16(20-10)22-14-11(17)5-4-6-12(14)18/h4-6,9H,7-8H2,1-3H3,(H,19,24)(H,20,21,22). The van der Waals surface area contributed by atoms with Gasteiger partial charge in [0, 0.05) is 18.8 Å². The van der Waals surface area contributed by atoms with E-state index in [1.165, 1.54) is 12.1 Å². The maximum atomic E-state index is 13.7. The first kappa shape index (κ1) is 17.7. The zero-order valence-electron chi connectivity index (χ0n) is 13.7. The Labute approximate surface area is 138 Å². The highest BCUT2D eigenvalue weighted by Gasteiger charge is 2.13. The number of carbonyl (C=O) groups excluding carboxylic acids is 1. The molecular weight excluding hydrogens is 316 g/mol. The molecule has 0 aliphatic rings. The maximum Gasteiger partial charge on any atom is 0.270 e. The molecule has 2 rings (SSSR count). The van der Waals surface area contributed by atoms with Crippen LogP contribution in [0.2, 0.25) is 0 Å². The van der Waals surface area contributed by atoms with Gasteiger partial charge in [0.2, 0.25) is 5.95 Å². The largest absolute Gasteiger partial charge is 0.349 e. The van der Waals surface area contributed by atoms with Crippen LogP contribution in [0.3, 0.4) is 0 Å². The molecule has 2 aromatic rings. The van der Waals surface area contributed by atoms with Crippen LogP contribution in [0, 0.1) is 18.6 Å². The minimum Gasteiger partial charge on any atom is -0.349 e. The smallest absolute Gasteiger partial charge is 0.270 e. The second kappa shape index (κ2) is 7.78. The normalized spacial score (nSPS) is 10.8. The topological polar surface area (TPSA) is 70.2 Å². The van der Waals surface area contributed by atoms with Crippen LogP contribution in [0.15, 0.2) is 24.3 Å². The van der Waals surface area contributed by atoms with Crippen molar-refractivity contribution < 1.29 is 13.6 Å². The van der Waals surface area contributed by atoms with Crippen molar-refractivity contribution >= 4 is 17.5 Å². The predicted octanol–water partition coefficient (Wildman–Crippen LogP) is 2.10. The third-order valence-electron chi connectivity index (χ3n) is 3.13. The van der Waals surface area contributed by atoms with Crippen LogP contribution in [-0.4, -0.2) is 48.0 Å². The van der Waals surface area contributed by atoms with Crippen LogP contribution in [-0.2, 0) is 0 Å². The summed E-state index contributed by atoms with van der Waals surface area (Å²) in [4.78, 5) is 22.1. The number of nitrogens with zero attached hydrogens (tertiary/aromatic N) is 3. The summed E-state index contributed by atoms with van der Waals surface area (Å²) >= 11 is 0. The van der Waals surface area contributed by atoms with Crippen LogP contribution in [0.1, 0.15) is 16.2 Å². The van der Waals surface area contributed by atoms with Crippen molar-refractivity contribution in [1.82, 2.24) is 20.2 Å². The molecule has 0 bridgehead atoms. The number of aromatic nitrogens is 2. The quantitative estimate of drug-likeness (QED) is 0.846. The van der Waals surface area contributed by atoms with Crippen molar-refractivity contribution in [3.05, 3.63) is 47.3 Å². The van der Waals surface area contributed by atoms with E-state index in [9.17, 15) is 13.6 Å². The third-order valence-corrected chi connectivity index (χ3v) is 3.13. The van der Waals surface area contributed by atoms with Crippen molar-refractivity contribution in [2.45, 2.75) is 6.92 Å². The van der Waals surface area contributed by atoms with Gasteiger partial charge in [0.15, 0.2) is 0 Å². The lowest BCUT2D eigenvalue weighted by molar-refractivity contribution is 0.0946. The Kier molecular flexibility index (Phi) is 5.75. The summed E-state index contributed by atoms with van der Waals surface area (Å²) in [5.74, 6) is -1.95. The van der Waals surface area contributed by atoms with Gasteiger partial charge in [-0.3, -0.25) is 4.79 Å². The molecule has 0 saturated carbocycles. The molecule has 1 aromatic heterocycles. The number of anilines is 2. The van der Waals surface area contributed by atoms with Crippen LogP contribution in [0.25, 0.3) is 0 Å². The Bertz CT molecular complexity index is 716. The number of likely N-dealkylation sites (N-methyl/N-ethyl adjacent to an activating group) is 1. The monoisotopic (exact) mass is 335 g/mol. The Balaban J connectivity index is 2.18. The molecule has 0 aliphatic heterocycles. The molecule has 1 heterocycles. The highest BCUT2D eigenvalue weighted by Crippen LogP contribution is 2.21. The molecule has 24 heavy (non-hydrogen) atoms. The molecule has 0 fully saturated rings. The summed E-state index contributed by atoms with van der Waals surface area (Å²) in [6.07, 6.45) is 0. The molecule has 8 heteroatoms. The van der Waals surface area contributed by atoms with Gasteiger partial charge in [-0.2, -0.15) is 0 Å². The summed E-state index contributed by atoms with van der Waals surface area (Å²) in [5.41, 5.74) is 0.268. The second-order valence-corrected chi connectivity index (χ2v) is 5.50. The Morgan fingerprint density at radius 1 is 1.21 bits per heavy atom. The van der Waals surface area contributed by atoms with E-state index in [1.54, 1.807) is 6.92 Å². The third kappa shape index (κ3) is 4.69. The molecule has 0 saturated heterocycles. The van der Waals surface area contributed by atoms with Crippen molar-refractivity contribution in [1.29, 1.82) is 0 Å². The van der Waals surface area contributed by atoms with E-state index in [2.05, 4.69) is 20.6 Å². The number of amides is 1. The summed E-state index contributed by atoms with van der Waals surface area (Å²) in [7, 11) is 3.79. The van der Waals surface area contributed by atoms with Gasteiger partial charge in [-0.25, -0.2) is 18.7 Å². The molecule has 2 N–H and O–H groups in total. The second-order valence-electron chi connectivity index (χ2n) is 5.50. The lowest BCUT2D eigenvalue weighted by Gasteiger charge is -2.11. The zero-order chi connectivity index (χ0) is 17.7. The highest BCUT2D eigenvalue weighted by atomic mass is 19.1. The molecule has 128 valence electrons. The number of hydrogen-bond acceptors (Lipinski definition) is 5. The van der Waals surface area contributed by atoms with Crippen LogP contribution < -0.4 is 10.6 Å². The molecule has 0 radical (unpaired) electrons.